The number of nitrogens with zero attached hydrogens (tertiary/aromatic N) is 2. The number of aromatic hydroxyl groups is 1. The first-order chi connectivity index (χ1) is 11.4. The summed E-state index contributed by atoms with van der Waals surface area (Å²) in [4.78, 5) is 22.2. The van der Waals surface area contributed by atoms with Gasteiger partial charge in [0.15, 0.2) is 0 Å². The number of ether oxygens (including phenoxy) is 1. The maximum Gasteiger partial charge on any atom is 0.315 e. The lowest BCUT2D eigenvalue weighted by Crippen LogP contribution is -2.18. The van der Waals surface area contributed by atoms with E-state index in [1.165, 1.54) is 13.2 Å². The quantitative estimate of drug-likeness (QED) is 0.460. The Morgan fingerprint density at radius 1 is 1.42 bits per heavy atom. The molecule has 0 atom stereocenters. The molecule has 0 saturated carbocycles. The molecule has 8 nitrogen and oxygen atoms in total. The number of benzene rings is 2. The van der Waals surface area contributed by atoms with Gasteiger partial charge in [-0.05, 0) is 34.1 Å². The number of hydrogen-bond donors (Lipinski definition) is 2. The van der Waals surface area contributed by atoms with E-state index in [0.29, 0.717) is 10.0 Å². The van der Waals surface area contributed by atoms with Gasteiger partial charge < -0.3 is 9.84 Å². The van der Waals surface area contributed by atoms with Crippen molar-refractivity contribution in [2.24, 2.45) is 5.10 Å². The molecule has 0 fully saturated rings. The number of nitro groups is 1. The van der Waals surface area contributed by atoms with Gasteiger partial charge >= 0.3 is 5.69 Å². The number of nitrogens with one attached hydrogen (secondary N) is 1. The smallest absolute Gasteiger partial charge is 0.315 e. The first-order valence-corrected chi connectivity index (χ1v) is 7.36. The van der Waals surface area contributed by atoms with Crippen molar-refractivity contribution in [1.82, 2.24) is 5.43 Å². The van der Waals surface area contributed by atoms with E-state index in [1.54, 1.807) is 24.3 Å². The van der Waals surface area contributed by atoms with Gasteiger partial charge in [-0.25, -0.2) is 5.43 Å². The Morgan fingerprint density at radius 3 is 2.75 bits per heavy atom. The van der Waals surface area contributed by atoms with Gasteiger partial charge in [0.2, 0.25) is 5.75 Å². The molecule has 0 radical (unpaired) electrons. The molecule has 24 heavy (non-hydrogen) atoms. The number of methoxy groups -OCH3 is 1. The first-order valence-electron chi connectivity index (χ1n) is 6.57. The fraction of sp³-hybridized carbons (Fsp3) is 0.0667. The monoisotopic (exact) mass is 393 g/mol. The fourth-order valence-electron chi connectivity index (χ4n) is 1.84. The lowest BCUT2D eigenvalue weighted by atomic mass is 10.1. The Kier molecular flexibility index (Phi) is 5.48. The molecule has 0 aliphatic heterocycles. The van der Waals surface area contributed by atoms with Crippen molar-refractivity contribution in [3.63, 3.8) is 0 Å². The van der Waals surface area contributed by atoms with E-state index in [9.17, 15) is 20.0 Å². The van der Waals surface area contributed by atoms with Crippen molar-refractivity contribution in [2.75, 3.05) is 7.11 Å². The normalized spacial score (nSPS) is 10.6. The van der Waals surface area contributed by atoms with E-state index in [1.807, 2.05) is 0 Å². The van der Waals surface area contributed by atoms with Crippen LogP contribution in [0.15, 0.2) is 46.0 Å². The molecular weight excluding hydrogens is 382 g/mol. The highest BCUT2D eigenvalue weighted by atomic mass is 79.9. The van der Waals surface area contributed by atoms with Crippen LogP contribution in [0.2, 0.25) is 0 Å². The van der Waals surface area contributed by atoms with Crippen molar-refractivity contribution in [3.8, 4) is 11.5 Å². The number of nitro benzene ring substituents is 1. The van der Waals surface area contributed by atoms with E-state index < -0.39 is 22.3 Å². The van der Waals surface area contributed by atoms with Crippen LogP contribution in [0, 0.1) is 10.1 Å². The summed E-state index contributed by atoms with van der Waals surface area (Å²) in [5.74, 6) is -0.867. The second-order valence-electron chi connectivity index (χ2n) is 4.52. The molecule has 2 aromatic carbocycles. The van der Waals surface area contributed by atoms with Crippen LogP contribution >= 0.6 is 15.9 Å². The Morgan fingerprint density at radius 2 is 2.12 bits per heavy atom. The predicted molar refractivity (Wildman–Crippen MR) is 90.5 cm³/mol. The molecule has 0 heterocycles. The largest absolute Gasteiger partial charge is 0.502 e. The lowest BCUT2D eigenvalue weighted by molar-refractivity contribution is -0.385. The molecule has 0 aliphatic rings. The topological polar surface area (TPSA) is 114 Å². The Balaban J connectivity index is 2.23. The molecule has 9 heteroatoms. The average Bonchev–Trinajstić information content (AvgIpc) is 2.56. The number of carbonyl (C=O) groups excluding carboxylic acids is 1. The number of hydrogen-bond acceptors (Lipinski definition) is 6. The molecule has 0 spiro atoms. The lowest BCUT2D eigenvalue weighted by Gasteiger charge is -2.05. The van der Waals surface area contributed by atoms with Crippen molar-refractivity contribution in [2.45, 2.75) is 0 Å². The molecule has 0 aromatic heterocycles. The zero-order valence-electron chi connectivity index (χ0n) is 12.4. The number of carbonyl (C=O) groups is 1. The molecule has 2 N–H and O–H groups in total. The van der Waals surface area contributed by atoms with Crippen LogP contribution < -0.4 is 10.2 Å². The molecule has 2 aromatic rings. The minimum absolute atomic E-state index is 0.0356. The highest BCUT2D eigenvalue weighted by Gasteiger charge is 2.18. The molecule has 0 unspecified atom stereocenters. The summed E-state index contributed by atoms with van der Waals surface area (Å²) >= 11 is 3.25. The van der Waals surface area contributed by atoms with Gasteiger partial charge in [0, 0.05) is 10.0 Å². The standard InChI is InChI=1S/C15H12BrN3O5/c1-24-10-6-9(14(20)13(7-10)19(22)23)8-17-18-15(21)11-4-2-3-5-12(11)16/h2-8,20H,1H3,(H,18,21)/b17-8-. The Bertz CT molecular complexity index is 823. The van der Waals surface area contributed by atoms with Gasteiger partial charge in [-0.1, -0.05) is 12.1 Å². The summed E-state index contributed by atoms with van der Waals surface area (Å²) in [5.41, 5.74) is 2.17. The van der Waals surface area contributed by atoms with Crippen molar-refractivity contribution < 1.29 is 19.6 Å². The molecule has 124 valence electrons. The SMILES string of the molecule is COc1cc(/C=N\NC(=O)c2ccccc2Br)c(O)c([N+](=O)[O-])c1. The van der Waals surface area contributed by atoms with Crippen molar-refractivity contribution >= 4 is 33.7 Å². The summed E-state index contributed by atoms with van der Waals surface area (Å²) in [6, 6.07) is 9.21. The van der Waals surface area contributed by atoms with Gasteiger partial charge in [0.1, 0.15) is 5.75 Å². The zero-order valence-corrected chi connectivity index (χ0v) is 14.0. The maximum absolute atomic E-state index is 12.0. The third kappa shape index (κ3) is 3.87. The molecule has 0 saturated heterocycles. The number of amides is 1. The number of phenolic OH excluding ortho intramolecular Hbond substituents is 1. The van der Waals surface area contributed by atoms with Crippen LogP contribution in [-0.4, -0.2) is 29.3 Å². The molecular formula is C15H12BrN3O5. The Hall–Kier alpha value is -2.94. The van der Waals surface area contributed by atoms with Gasteiger partial charge in [-0.15, -0.1) is 0 Å². The van der Waals surface area contributed by atoms with Crippen LogP contribution in [0.1, 0.15) is 15.9 Å². The molecule has 0 aliphatic carbocycles. The first kappa shape index (κ1) is 17.4. The van der Waals surface area contributed by atoms with Gasteiger partial charge in [0.25, 0.3) is 5.91 Å². The van der Waals surface area contributed by atoms with Crippen LogP contribution in [0.25, 0.3) is 0 Å². The summed E-state index contributed by atoms with van der Waals surface area (Å²) in [7, 11) is 1.34. The number of hydrazone groups is 1. The summed E-state index contributed by atoms with van der Waals surface area (Å²) in [6.07, 6.45) is 1.10. The third-order valence-corrected chi connectivity index (χ3v) is 3.70. The second-order valence-corrected chi connectivity index (χ2v) is 5.37. The summed E-state index contributed by atoms with van der Waals surface area (Å²) in [5, 5.41) is 24.5. The highest BCUT2D eigenvalue weighted by Crippen LogP contribution is 2.33. The van der Waals surface area contributed by atoms with Crippen LogP contribution in [0.3, 0.4) is 0 Å². The van der Waals surface area contributed by atoms with Gasteiger partial charge in [-0.3, -0.25) is 14.9 Å². The van der Waals surface area contributed by atoms with Crippen molar-refractivity contribution in [1.29, 1.82) is 0 Å². The van der Waals surface area contributed by atoms with Crippen LogP contribution in [0.5, 0.6) is 11.5 Å². The molecule has 1 amide bonds. The van der Waals surface area contributed by atoms with Crippen LogP contribution in [0.4, 0.5) is 5.69 Å². The maximum atomic E-state index is 12.0. The highest BCUT2D eigenvalue weighted by molar-refractivity contribution is 9.10. The van der Waals surface area contributed by atoms with E-state index in [2.05, 4.69) is 26.5 Å². The van der Waals surface area contributed by atoms with Crippen LogP contribution in [-0.2, 0) is 0 Å². The predicted octanol–water partition coefficient (Wildman–Crippen LogP) is 2.84. The number of halogens is 1. The molecule has 2 rings (SSSR count). The molecule has 0 bridgehead atoms. The number of rotatable bonds is 5. The second kappa shape index (κ2) is 7.55. The van der Waals surface area contributed by atoms with E-state index >= 15 is 0 Å². The van der Waals surface area contributed by atoms with Gasteiger partial charge in [-0.2, -0.15) is 5.10 Å². The number of phenols is 1. The summed E-state index contributed by atoms with van der Waals surface area (Å²) < 4.78 is 5.54. The van der Waals surface area contributed by atoms with Crippen molar-refractivity contribution in [3.05, 3.63) is 62.1 Å². The zero-order chi connectivity index (χ0) is 17.7. The van der Waals surface area contributed by atoms with Gasteiger partial charge in [0.05, 0.1) is 29.9 Å². The van der Waals surface area contributed by atoms with E-state index in [0.717, 1.165) is 12.3 Å². The fourth-order valence-corrected chi connectivity index (χ4v) is 2.30. The minimum Gasteiger partial charge on any atom is -0.502 e. The average molecular weight is 394 g/mol. The van der Waals surface area contributed by atoms with E-state index in [4.69, 9.17) is 4.74 Å². The summed E-state index contributed by atoms with van der Waals surface area (Å²) in [6.45, 7) is 0. The third-order valence-electron chi connectivity index (χ3n) is 3.01. The minimum atomic E-state index is -0.741. The van der Waals surface area contributed by atoms with E-state index in [-0.39, 0.29) is 11.3 Å². The Labute approximate surface area is 145 Å².